The Hall–Kier alpha value is -2.24. The second kappa shape index (κ2) is 6.63. The lowest BCUT2D eigenvalue weighted by molar-refractivity contribution is -0.121. The summed E-state index contributed by atoms with van der Waals surface area (Å²) in [4.78, 5) is 19.7. The summed E-state index contributed by atoms with van der Waals surface area (Å²) in [7, 11) is 0. The molecule has 0 atom stereocenters. The molecule has 2 rings (SSSR count). The first-order valence-electron chi connectivity index (χ1n) is 6.29. The van der Waals surface area contributed by atoms with Crippen molar-refractivity contribution in [3.63, 3.8) is 0 Å². The fraction of sp³-hybridized carbons (Fsp3) is 0.385. The van der Waals surface area contributed by atoms with E-state index in [0.29, 0.717) is 31.1 Å². The maximum atomic E-state index is 11.4. The number of nitrogens with zero attached hydrogens (tertiary/aromatic N) is 3. The molecule has 1 amide bonds. The van der Waals surface area contributed by atoms with E-state index in [-0.39, 0.29) is 5.91 Å². The Kier molecular flexibility index (Phi) is 4.60. The van der Waals surface area contributed by atoms with Gasteiger partial charge in [-0.25, -0.2) is 0 Å². The van der Waals surface area contributed by atoms with Crippen LogP contribution in [0.1, 0.15) is 25.7 Å². The van der Waals surface area contributed by atoms with Crippen molar-refractivity contribution in [2.45, 2.75) is 26.2 Å². The van der Waals surface area contributed by atoms with Gasteiger partial charge in [0.1, 0.15) is 0 Å². The maximum Gasteiger partial charge on any atom is 0.227 e. The second-order valence-corrected chi connectivity index (χ2v) is 4.10. The lowest BCUT2D eigenvalue weighted by atomic mass is 10.2. The Morgan fingerprint density at radius 3 is 3.11 bits per heavy atom. The monoisotopic (exact) mass is 260 g/mol. The molecular formula is C13H16N4O2. The third-order valence-corrected chi connectivity index (χ3v) is 2.53. The van der Waals surface area contributed by atoms with Crippen LogP contribution in [-0.4, -0.2) is 27.6 Å². The average Bonchev–Trinajstić information content (AvgIpc) is 2.93. The van der Waals surface area contributed by atoms with Crippen molar-refractivity contribution in [3.05, 3.63) is 30.4 Å². The summed E-state index contributed by atoms with van der Waals surface area (Å²) < 4.78 is 5.11. The third-order valence-electron chi connectivity index (χ3n) is 2.53. The number of amides is 1. The highest BCUT2D eigenvalue weighted by molar-refractivity contribution is 5.75. The number of aromatic nitrogens is 3. The highest BCUT2D eigenvalue weighted by Gasteiger charge is 2.10. The molecule has 2 aromatic heterocycles. The zero-order valence-electron chi connectivity index (χ0n) is 10.8. The van der Waals surface area contributed by atoms with Gasteiger partial charge in [0.2, 0.25) is 17.6 Å². The number of nitrogens with one attached hydrogen (secondary N) is 1. The smallest absolute Gasteiger partial charge is 0.227 e. The Morgan fingerprint density at radius 1 is 1.47 bits per heavy atom. The summed E-state index contributed by atoms with van der Waals surface area (Å²) >= 11 is 0. The zero-order valence-corrected chi connectivity index (χ0v) is 10.8. The minimum atomic E-state index is 0.00276. The molecule has 0 aliphatic heterocycles. The molecule has 6 heteroatoms. The van der Waals surface area contributed by atoms with Crippen molar-refractivity contribution in [1.82, 2.24) is 20.4 Å². The van der Waals surface area contributed by atoms with Crippen molar-refractivity contribution < 1.29 is 9.32 Å². The Labute approximate surface area is 111 Å². The van der Waals surface area contributed by atoms with E-state index in [1.807, 2.05) is 19.1 Å². The van der Waals surface area contributed by atoms with Crippen LogP contribution in [0.25, 0.3) is 11.4 Å². The van der Waals surface area contributed by atoms with Crippen LogP contribution in [0.4, 0.5) is 0 Å². The summed E-state index contributed by atoms with van der Waals surface area (Å²) in [5.41, 5.74) is 0.799. The number of aryl methyl sites for hydroxylation is 1. The quantitative estimate of drug-likeness (QED) is 0.853. The van der Waals surface area contributed by atoms with Crippen LogP contribution in [-0.2, 0) is 11.2 Å². The first-order chi connectivity index (χ1) is 9.29. The van der Waals surface area contributed by atoms with Gasteiger partial charge in [-0.15, -0.1) is 0 Å². The van der Waals surface area contributed by atoms with Crippen molar-refractivity contribution in [3.8, 4) is 11.4 Å². The van der Waals surface area contributed by atoms with E-state index in [2.05, 4.69) is 20.4 Å². The van der Waals surface area contributed by atoms with Gasteiger partial charge in [0, 0.05) is 37.3 Å². The number of hydrogen-bond acceptors (Lipinski definition) is 5. The van der Waals surface area contributed by atoms with Gasteiger partial charge in [0.15, 0.2) is 0 Å². The molecule has 0 radical (unpaired) electrons. The lowest BCUT2D eigenvalue weighted by Gasteiger charge is -2.00. The first-order valence-corrected chi connectivity index (χ1v) is 6.29. The van der Waals surface area contributed by atoms with Gasteiger partial charge in [-0.3, -0.25) is 9.78 Å². The Balaban J connectivity index is 1.90. The molecule has 1 N–H and O–H groups in total. The van der Waals surface area contributed by atoms with Gasteiger partial charge in [-0.05, 0) is 18.6 Å². The highest BCUT2D eigenvalue weighted by atomic mass is 16.5. The third kappa shape index (κ3) is 3.87. The maximum absolute atomic E-state index is 11.4. The van der Waals surface area contributed by atoms with Crippen LogP contribution in [0.3, 0.4) is 0 Å². The van der Waals surface area contributed by atoms with Crippen molar-refractivity contribution in [2.75, 3.05) is 6.54 Å². The van der Waals surface area contributed by atoms with E-state index in [0.717, 1.165) is 12.0 Å². The summed E-state index contributed by atoms with van der Waals surface area (Å²) in [5.74, 6) is 0.963. The minimum absolute atomic E-state index is 0.00276. The van der Waals surface area contributed by atoms with Crippen molar-refractivity contribution in [1.29, 1.82) is 0 Å². The van der Waals surface area contributed by atoms with Gasteiger partial charge < -0.3 is 9.84 Å². The molecule has 0 aromatic carbocycles. The Bertz CT molecular complexity index is 524. The molecule has 2 heterocycles. The van der Waals surface area contributed by atoms with Crippen molar-refractivity contribution >= 4 is 5.91 Å². The number of rotatable bonds is 6. The molecule has 0 aliphatic carbocycles. The number of hydrogen-bond donors (Lipinski definition) is 1. The predicted octanol–water partition coefficient (Wildman–Crippen LogP) is 1.59. The van der Waals surface area contributed by atoms with E-state index < -0.39 is 0 Å². The molecule has 6 nitrogen and oxygen atoms in total. The van der Waals surface area contributed by atoms with Gasteiger partial charge in [-0.2, -0.15) is 4.98 Å². The zero-order chi connectivity index (χ0) is 13.5. The molecule has 0 aliphatic rings. The highest BCUT2D eigenvalue weighted by Crippen LogP contribution is 2.14. The molecule has 2 aromatic rings. The fourth-order valence-corrected chi connectivity index (χ4v) is 1.54. The number of carbonyl (C=O) groups is 1. The lowest BCUT2D eigenvalue weighted by Crippen LogP contribution is -2.24. The van der Waals surface area contributed by atoms with E-state index in [9.17, 15) is 4.79 Å². The fourth-order valence-electron chi connectivity index (χ4n) is 1.54. The summed E-state index contributed by atoms with van der Waals surface area (Å²) in [6.07, 6.45) is 5.08. The van der Waals surface area contributed by atoms with E-state index in [4.69, 9.17) is 4.52 Å². The topological polar surface area (TPSA) is 80.9 Å². The van der Waals surface area contributed by atoms with E-state index in [1.165, 1.54) is 0 Å². The molecule has 0 unspecified atom stereocenters. The number of carbonyl (C=O) groups excluding carboxylic acids is 1. The van der Waals surface area contributed by atoms with Crippen molar-refractivity contribution in [2.24, 2.45) is 0 Å². The molecular weight excluding hydrogens is 244 g/mol. The predicted molar refractivity (Wildman–Crippen MR) is 69.2 cm³/mol. The van der Waals surface area contributed by atoms with Gasteiger partial charge in [0.25, 0.3) is 0 Å². The molecule has 100 valence electrons. The Morgan fingerprint density at radius 2 is 2.37 bits per heavy atom. The van der Waals surface area contributed by atoms with Crippen LogP contribution in [0.2, 0.25) is 0 Å². The minimum Gasteiger partial charge on any atom is -0.356 e. The summed E-state index contributed by atoms with van der Waals surface area (Å²) in [5, 5.41) is 6.67. The van der Waals surface area contributed by atoms with Crippen LogP contribution >= 0.6 is 0 Å². The van der Waals surface area contributed by atoms with E-state index in [1.54, 1.807) is 12.4 Å². The first kappa shape index (κ1) is 13.2. The van der Waals surface area contributed by atoms with E-state index >= 15 is 0 Å². The van der Waals surface area contributed by atoms with Gasteiger partial charge in [0.05, 0.1) is 0 Å². The average molecular weight is 260 g/mol. The molecule has 0 saturated heterocycles. The molecule has 0 saturated carbocycles. The molecule has 0 fully saturated rings. The van der Waals surface area contributed by atoms with Gasteiger partial charge in [-0.1, -0.05) is 12.1 Å². The van der Waals surface area contributed by atoms with Gasteiger partial charge >= 0.3 is 0 Å². The van der Waals surface area contributed by atoms with Crippen LogP contribution in [0.5, 0.6) is 0 Å². The van der Waals surface area contributed by atoms with Crippen LogP contribution in [0, 0.1) is 0 Å². The van der Waals surface area contributed by atoms with Crippen LogP contribution < -0.4 is 5.32 Å². The largest absolute Gasteiger partial charge is 0.356 e. The molecule has 0 bridgehead atoms. The summed E-state index contributed by atoms with van der Waals surface area (Å²) in [6, 6.07) is 3.67. The number of pyridine rings is 1. The molecule has 19 heavy (non-hydrogen) atoms. The normalized spacial score (nSPS) is 10.4. The SMILES string of the molecule is CCCNC(=O)CCc1nc(-c2cccnc2)no1. The standard InChI is InChI=1S/C13H16N4O2/c1-2-7-15-11(18)5-6-12-16-13(17-19-12)10-4-3-8-14-9-10/h3-4,8-9H,2,5-7H2,1H3,(H,15,18). The van der Waals surface area contributed by atoms with Crippen LogP contribution in [0.15, 0.2) is 29.0 Å². The second-order valence-electron chi connectivity index (χ2n) is 4.10. The summed E-state index contributed by atoms with van der Waals surface area (Å²) in [6.45, 7) is 2.71. The molecule has 0 spiro atoms.